The molecule has 1 aliphatic heterocycles. The molecule has 21 heavy (non-hydrogen) atoms. The Kier molecular flexibility index (Phi) is 3.77. The van der Waals surface area contributed by atoms with Crippen LogP contribution in [0.5, 0.6) is 5.75 Å². The second-order valence-corrected chi connectivity index (χ2v) is 7.95. The van der Waals surface area contributed by atoms with Gasteiger partial charge in [-0.1, -0.05) is 51.8 Å². The van der Waals surface area contributed by atoms with E-state index in [9.17, 15) is 0 Å². The van der Waals surface area contributed by atoms with E-state index in [0.717, 1.165) is 31.6 Å². The number of para-hydroxylation sites is 1. The molecule has 1 aliphatic carbocycles. The number of aryl methyl sites for hydroxylation is 1. The van der Waals surface area contributed by atoms with Crippen LogP contribution in [0.25, 0.3) is 0 Å². The summed E-state index contributed by atoms with van der Waals surface area (Å²) in [5.74, 6) is 1.61. The van der Waals surface area contributed by atoms with Crippen LogP contribution in [0.2, 0.25) is 0 Å². The first-order valence-corrected chi connectivity index (χ1v) is 8.47. The summed E-state index contributed by atoms with van der Waals surface area (Å²) in [4.78, 5) is 0. The molecule has 2 N–H and O–H groups in total. The lowest BCUT2D eigenvalue weighted by atomic mass is 9.60. The molecule has 3 rings (SSSR count). The van der Waals surface area contributed by atoms with Crippen molar-refractivity contribution >= 4 is 0 Å². The molecule has 1 saturated carbocycles. The van der Waals surface area contributed by atoms with Crippen LogP contribution < -0.4 is 10.5 Å². The summed E-state index contributed by atoms with van der Waals surface area (Å²) in [6, 6.07) is 6.59. The minimum Gasteiger partial charge on any atom is -0.493 e. The van der Waals surface area contributed by atoms with Crippen molar-refractivity contribution in [1.29, 1.82) is 0 Å². The average Bonchev–Trinajstić information content (AvgIpc) is 2.46. The fraction of sp³-hybridized carbons (Fsp3) is 0.684. The van der Waals surface area contributed by atoms with Crippen LogP contribution >= 0.6 is 0 Å². The molecule has 0 aromatic heterocycles. The van der Waals surface area contributed by atoms with Gasteiger partial charge in [0.2, 0.25) is 0 Å². The largest absolute Gasteiger partial charge is 0.493 e. The van der Waals surface area contributed by atoms with Gasteiger partial charge in [0.25, 0.3) is 0 Å². The summed E-state index contributed by atoms with van der Waals surface area (Å²) < 4.78 is 6.05. The van der Waals surface area contributed by atoms with E-state index in [0.29, 0.717) is 5.92 Å². The zero-order valence-corrected chi connectivity index (χ0v) is 13.7. The molecule has 2 aliphatic rings. The number of rotatable bonds is 1. The molecule has 2 unspecified atom stereocenters. The number of ether oxygens (including phenoxy) is 1. The van der Waals surface area contributed by atoms with Gasteiger partial charge in [0.15, 0.2) is 0 Å². The van der Waals surface area contributed by atoms with Gasteiger partial charge in [-0.2, -0.15) is 0 Å². The van der Waals surface area contributed by atoms with Crippen molar-refractivity contribution in [3.8, 4) is 5.75 Å². The maximum absolute atomic E-state index is 7.05. The van der Waals surface area contributed by atoms with Gasteiger partial charge in [-0.3, -0.25) is 0 Å². The highest BCUT2D eigenvalue weighted by molar-refractivity contribution is 5.47. The minimum atomic E-state index is -0.237. The Labute approximate surface area is 129 Å². The Morgan fingerprint density at radius 3 is 2.76 bits per heavy atom. The van der Waals surface area contributed by atoms with Crippen molar-refractivity contribution in [2.75, 3.05) is 6.61 Å². The zero-order chi connectivity index (χ0) is 15.1. The third-order valence-corrected chi connectivity index (χ3v) is 5.44. The number of hydrogen-bond acceptors (Lipinski definition) is 2. The van der Waals surface area contributed by atoms with E-state index in [1.807, 2.05) is 0 Å². The van der Waals surface area contributed by atoms with Crippen molar-refractivity contribution in [1.82, 2.24) is 0 Å². The molecule has 0 amide bonds. The van der Waals surface area contributed by atoms with Gasteiger partial charge in [-0.15, -0.1) is 0 Å². The molecule has 0 saturated heterocycles. The summed E-state index contributed by atoms with van der Waals surface area (Å²) in [6.45, 7) is 7.84. The number of nitrogens with two attached hydrogens (primary N) is 1. The van der Waals surface area contributed by atoms with Crippen molar-refractivity contribution in [3.63, 3.8) is 0 Å². The lowest BCUT2D eigenvalue weighted by Gasteiger charge is -2.49. The third-order valence-electron chi connectivity index (χ3n) is 5.44. The standard InChI is InChI=1S/C19H29NO/c1-18(2,3)16-11-4-5-12-19(16,20)15-10-6-8-14-9-7-13-21-17(14)15/h6,8,10,16H,4-5,7,9,11-13,20H2,1-3H3. The van der Waals surface area contributed by atoms with E-state index in [1.165, 1.54) is 30.4 Å². The van der Waals surface area contributed by atoms with Crippen LogP contribution in [0.3, 0.4) is 0 Å². The molecule has 1 aromatic carbocycles. The molecular formula is C19H29NO. The number of benzene rings is 1. The van der Waals surface area contributed by atoms with E-state index in [4.69, 9.17) is 10.5 Å². The molecule has 1 aromatic rings. The topological polar surface area (TPSA) is 35.2 Å². The lowest BCUT2D eigenvalue weighted by molar-refractivity contribution is 0.0748. The molecule has 1 heterocycles. The molecule has 1 fully saturated rings. The summed E-state index contributed by atoms with van der Waals surface area (Å²) in [5.41, 5.74) is 9.66. The molecule has 0 radical (unpaired) electrons. The van der Waals surface area contributed by atoms with E-state index in [1.54, 1.807) is 0 Å². The van der Waals surface area contributed by atoms with Gasteiger partial charge in [-0.25, -0.2) is 0 Å². The number of hydrogen-bond donors (Lipinski definition) is 1. The van der Waals surface area contributed by atoms with Crippen molar-refractivity contribution in [2.24, 2.45) is 17.1 Å². The second-order valence-electron chi connectivity index (χ2n) is 7.95. The maximum atomic E-state index is 7.05. The maximum Gasteiger partial charge on any atom is 0.127 e. The Morgan fingerprint density at radius 1 is 1.19 bits per heavy atom. The van der Waals surface area contributed by atoms with Gasteiger partial charge in [0.1, 0.15) is 5.75 Å². The average molecular weight is 287 g/mol. The molecule has 2 atom stereocenters. The van der Waals surface area contributed by atoms with Crippen molar-refractivity contribution < 1.29 is 4.74 Å². The first kappa shape index (κ1) is 14.9. The second kappa shape index (κ2) is 5.31. The van der Waals surface area contributed by atoms with Crippen molar-refractivity contribution in [2.45, 2.75) is 64.8 Å². The number of fused-ring (bicyclic) bond motifs is 1. The monoisotopic (exact) mass is 287 g/mol. The fourth-order valence-corrected chi connectivity index (χ4v) is 4.48. The SMILES string of the molecule is CC(C)(C)C1CCCCC1(N)c1cccc2c1OCCC2. The Balaban J connectivity index is 2.08. The van der Waals surface area contributed by atoms with Crippen LogP contribution in [-0.4, -0.2) is 6.61 Å². The Bertz CT molecular complexity index is 517. The highest BCUT2D eigenvalue weighted by Crippen LogP contribution is 2.51. The highest BCUT2D eigenvalue weighted by atomic mass is 16.5. The van der Waals surface area contributed by atoms with E-state index >= 15 is 0 Å². The van der Waals surface area contributed by atoms with Gasteiger partial charge >= 0.3 is 0 Å². The van der Waals surface area contributed by atoms with Gasteiger partial charge in [0, 0.05) is 11.1 Å². The summed E-state index contributed by atoms with van der Waals surface area (Å²) in [5, 5.41) is 0. The predicted octanol–water partition coefficient (Wildman–Crippen LogP) is 4.40. The normalized spacial score (nSPS) is 29.6. The van der Waals surface area contributed by atoms with E-state index in [-0.39, 0.29) is 11.0 Å². The van der Waals surface area contributed by atoms with Crippen LogP contribution in [0.15, 0.2) is 18.2 Å². The molecule has 116 valence electrons. The lowest BCUT2D eigenvalue weighted by Crippen LogP contribution is -2.51. The van der Waals surface area contributed by atoms with Crippen LogP contribution in [0.1, 0.15) is 64.0 Å². The Morgan fingerprint density at radius 2 is 2.00 bits per heavy atom. The predicted molar refractivity (Wildman–Crippen MR) is 87.5 cm³/mol. The molecule has 0 spiro atoms. The Hall–Kier alpha value is -1.02. The summed E-state index contributed by atoms with van der Waals surface area (Å²) in [7, 11) is 0. The summed E-state index contributed by atoms with van der Waals surface area (Å²) >= 11 is 0. The third kappa shape index (κ3) is 2.59. The van der Waals surface area contributed by atoms with Gasteiger partial charge in [0.05, 0.1) is 6.61 Å². The molecule has 2 heteroatoms. The first-order valence-electron chi connectivity index (χ1n) is 8.47. The molecule has 0 bridgehead atoms. The summed E-state index contributed by atoms with van der Waals surface area (Å²) in [6.07, 6.45) is 7.08. The van der Waals surface area contributed by atoms with Crippen LogP contribution in [0, 0.1) is 11.3 Å². The highest BCUT2D eigenvalue weighted by Gasteiger charge is 2.46. The zero-order valence-electron chi connectivity index (χ0n) is 13.7. The smallest absolute Gasteiger partial charge is 0.127 e. The van der Waals surface area contributed by atoms with Crippen molar-refractivity contribution in [3.05, 3.63) is 29.3 Å². The quantitative estimate of drug-likeness (QED) is 0.830. The van der Waals surface area contributed by atoms with Crippen LogP contribution in [-0.2, 0) is 12.0 Å². The van der Waals surface area contributed by atoms with E-state index in [2.05, 4.69) is 39.0 Å². The molecular weight excluding hydrogens is 258 g/mol. The van der Waals surface area contributed by atoms with Gasteiger partial charge < -0.3 is 10.5 Å². The fourth-order valence-electron chi connectivity index (χ4n) is 4.48. The molecule has 2 nitrogen and oxygen atoms in total. The van der Waals surface area contributed by atoms with Crippen LogP contribution in [0.4, 0.5) is 0 Å². The first-order chi connectivity index (χ1) is 9.93. The van der Waals surface area contributed by atoms with Gasteiger partial charge in [-0.05, 0) is 42.6 Å². The van der Waals surface area contributed by atoms with E-state index < -0.39 is 0 Å². The minimum absolute atomic E-state index is 0.229.